The minimum Gasteiger partial charge on any atom is -0.480 e. The summed E-state index contributed by atoms with van der Waals surface area (Å²) in [7, 11) is 0. The van der Waals surface area contributed by atoms with E-state index in [9.17, 15) is 19.5 Å². The number of amides is 1. The Bertz CT molecular complexity index is 1080. The summed E-state index contributed by atoms with van der Waals surface area (Å²) in [5, 5.41) is 11.9. The monoisotopic (exact) mass is 841 g/mol. The van der Waals surface area contributed by atoms with Crippen LogP contribution in [0.3, 0.4) is 0 Å². The highest BCUT2D eigenvalue weighted by Crippen LogP contribution is 2.17. The summed E-state index contributed by atoms with van der Waals surface area (Å²) >= 11 is 0. The Hall–Kier alpha value is -2.67. The van der Waals surface area contributed by atoms with E-state index in [0.29, 0.717) is 32.2 Å². The van der Waals surface area contributed by atoms with Crippen LogP contribution in [-0.4, -0.2) is 41.6 Å². The second-order valence-electron chi connectivity index (χ2n) is 17.2. The number of rotatable bonds is 46. The molecule has 60 heavy (non-hydrogen) atoms. The molecule has 0 aromatic carbocycles. The van der Waals surface area contributed by atoms with Gasteiger partial charge in [0.05, 0.1) is 0 Å². The van der Waals surface area contributed by atoms with Gasteiger partial charge in [-0.3, -0.25) is 9.59 Å². The number of carboxylic acid groups (broad SMARTS) is 1. The maximum absolute atomic E-state index is 12.8. The van der Waals surface area contributed by atoms with Crippen molar-refractivity contribution in [2.24, 2.45) is 5.73 Å². The number of nitrogens with two attached hydrogens (primary N) is 1. The zero-order valence-electron chi connectivity index (χ0n) is 39.3. The van der Waals surface area contributed by atoms with Gasteiger partial charge in [0.2, 0.25) is 5.91 Å². The molecule has 0 aromatic rings. The molecule has 0 saturated carbocycles. The number of carbonyl (C=O) groups is 3. The highest BCUT2D eigenvalue weighted by molar-refractivity contribution is 5.83. The molecule has 0 spiro atoms. The largest absolute Gasteiger partial charge is 0.480 e. The van der Waals surface area contributed by atoms with E-state index in [0.717, 1.165) is 77.0 Å². The lowest BCUT2D eigenvalue weighted by molar-refractivity contribution is -0.147. The van der Waals surface area contributed by atoms with Gasteiger partial charge in [0, 0.05) is 12.8 Å². The van der Waals surface area contributed by atoms with Crippen LogP contribution in [-0.2, 0) is 19.1 Å². The second-order valence-corrected chi connectivity index (χ2v) is 17.2. The van der Waals surface area contributed by atoms with Crippen molar-refractivity contribution in [3.8, 4) is 0 Å². The molecule has 2 atom stereocenters. The maximum Gasteiger partial charge on any atom is 0.326 e. The van der Waals surface area contributed by atoms with Gasteiger partial charge in [-0.25, -0.2) is 4.79 Å². The van der Waals surface area contributed by atoms with Crippen molar-refractivity contribution >= 4 is 17.8 Å². The van der Waals surface area contributed by atoms with Gasteiger partial charge in [0.15, 0.2) is 0 Å². The first-order valence-corrected chi connectivity index (χ1v) is 25.5. The number of aliphatic carboxylic acids is 1. The lowest BCUT2D eigenvalue weighted by atomic mass is 10.0. The van der Waals surface area contributed by atoms with Crippen molar-refractivity contribution in [2.45, 2.75) is 264 Å². The summed E-state index contributed by atoms with van der Waals surface area (Å²) < 4.78 is 5.96. The molecule has 0 saturated heterocycles. The van der Waals surface area contributed by atoms with Crippen molar-refractivity contribution < 1.29 is 24.2 Å². The summed E-state index contributed by atoms with van der Waals surface area (Å²) in [6.07, 6.45) is 59.2. The Labute approximate surface area is 370 Å². The molecular weight excluding hydrogens is 745 g/mol. The van der Waals surface area contributed by atoms with Gasteiger partial charge in [-0.2, -0.15) is 0 Å². The van der Waals surface area contributed by atoms with Crippen molar-refractivity contribution in [3.05, 3.63) is 48.6 Å². The van der Waals surface area contributed by atoms with Crippen LogP contribution in [0.5, 0.6) is 0 Å². The summed E-state index contributed by atoms with van der Waals surface area (Å²) in [5.41, 5.74) is 5.49. The zero-order valence-corrected chi connectivity index (χ0v) is 39.3. The Morgan fingerprint density at radius 2 is 0.900 bits per heavy atom. The third-order valence-electron chi connectivity index (χ3n) is 11.4. The van der Waals surface area contributed by atoms with Gasteiger partial charge in [-0.15, -0.1) is 0 Å². The van der Waals surface area contributed by atoms with Crippen molar-refractivity contribution in [1.29, 1.82) is 0 Å². The summed E-state index contributed by atoms with van der Waals surface area (Å²) in [6.45, 7) is 4.84. The van der Waals surface area contributed by atoms with Crippen LogP contribution in [0.2, 0.25) is 0 Å². The number of allylic oxidation sites excluding steroid dienone is 7. The van der Waals surface area contributed by atoms with Crippen LogP contribution in [0, 0.1) is 0 Å². The average Bonchev–Trinajstić information content (AvgIpc) is 3.23. The molecule has 348 valence electrons. The van der Waals surface area contributed by atoms with E-state index >= 15 is 0 Å². The highest BCUT2D eigenvalue weighted by atomic mass is 16.5. The first-order valence-electron chi connectivity index (χ1n) is 25.5. The molecular formula is C53H96N2O5. The molecule has 1 amide bonds. The van der Waals surface area contributed by atoms with E-state index in [1.54, 1.807) is 0 Å². The number of esters is 1. The number of ether oxygens (including phenoxy) is 1. The molecule has 4 N–H and O–H groups in total. The molecule has 0 fully saturated rings. The number of nitrogens with one attached hydrogen (secondary N) is 1. The van der Waals surface area contributed by atoms with Crippen LogP contribution in [0.4, 0.5) is 0 Å². The van der Waals surface area contributed by atoms with Crippen LogP contribution < -0.4 is 11.1 Å². The molecule has 0 aromatic heterocycles. The molecule has 0 heterocycles. The van der Waals surface area contributed by atoms with E-state index in [1.807, 2.05) is 0 Å². The summed E-state index contributed by atoms with van der Waals surface area (Å²) in [5.74, 6) is -1.32. The number of carbonyl (C=O) groups excluding carboxylic acids is 2. The minimum absolute atomic E-state index is 0.0944. The Kier molecular flexibility index (Phi) is 45.3. The molecule has 0 aliphatic rings. The van der Waals surface area contributed by atoms with Gasteiger partial charge < -0.3 is 20.9 Å². The number of unbranched alkanes of at least 4 members (excludes halogenated alkanes) is 26. The zero-order chi connectivity index (χ0) is 43.8. The first kappa shape index (κ1) is 57.3. The van der Waals surface area contributed by atoms with E-state index in [1.165, 1.54) is 135 Å². The lowest BCUT2D eigenvalue weighted by Crippen LogP contribution is -2.40. The topological polar surface area (TPSA) is 119 Å². The molecule has 0 radical (unpaired) electrons. The Balaban J connectivity index is 4.20. The fourth-order valence-electron chi connectivity index (χ4n) is 7.60. The first-order chi connectivity index (χ1) is 29.4. The standard InChI is InChI=1S/C53H96N2O5/c1-3-5-7-9-11-13-15-16-17-18-19-20-21-22-23-24-25-26-28-30-32-37-41-47-52(57)60-49(43-38-34-31-29-27-14-12-10-8-6-4-2)44-39-35-33-36-40-46-51(56)55-50(53(58)59)45-42-48-54/h6,8,12,14,29,31,38,43,49-50H,3-5,7,9-11,13,15-28,30,32-37,39-42,44-48,54H2,1-2H3,(H,55,56)(H,58,59)/b8-6-,14-12-,31-29-,43-38-. The van der Waals surface area contributed by atoms with Gasteiger partial charge in [0.1, 0.15) is 12.1 Å². The van der Waals surface area contributed by atoms with Crippen LogP contribution in [0.25, 0.3) is 0 Å². The fourth-order valence-corrected chi connectivity index (χ4v) is 7.60. The molecule has 0 rings (SSSR count). The number of carboxylic acids is 1. The SMILES string of the molecule is CC/C=C\C/C=C\C/C=C\C/C=C\C(CCCCCCCC(=O)NC(CCCN)C(=O)O)OC(=O)CCCCCCCCCCCCCCCCCCCCCCCCC. The van der Waals surface area contributed by atoms with E-state index in [4.69, 9.17) is 10.5 Å². The van der Waals surface area contributed by atoms with Gasteiger partial charge in [-0.1, -0.05) is 217 Å². The average molecular weight is 841 g/mol. The van der Waals surface area contributed by atoms with Crippen LogP contribution >= 0.6 is 0 Å². The maximum atomic E-state index is 12.8. The number of hydrogen-bond acceptors (Lipinski definition) is 5. The number of hydrogen-bond donors (Lipinski definition) is 3. The molecule has 7 nitrogen and oxygen atoms in total. The van der Waals surface area contributed by atoms with Crippen LogP contribution in [0.15, 0.2) is 48.6 Å². The van der Waals surface area contributed by atoms with Gasteiger partial charge >= 0.3 is 11.9 Å². The minimum atomic E-state index is -1.01. The van der Waals surface area contributed by atoms with E-state index in [2.05, 4.69) is 67.8 Å². The van der Waals surface area contributed by atoms with Crippen molar-refractivity contribution in [1.82, 2.24) is 5.32 Å². The Morgan fingerprint density at radius 1 is 0.500 bits per heavy atom. The Morgan fingerprint density at radius 3 is 1.33 bits per heavy atom. The van der Waals surface area contributed by atoms with Crippen molar-refractivity contribution in [3.63, 3.8) is 0 Å². The van der Waals surface area contributed by atoms with Gasteiger partial charge in [0.25, 0.3) is 0 Å². The highest BCUT2D eigenvalue weighted by Gasteiger charge is 2.19. The lowest BCUT2D eigenvalue weighted by Gasteiger charge is -2.15. The van der Waals surface area contributed by atoms with Crippen molar-refractivity contribution in [2.75, 3.05) is 6.54 Å². The third kappa shape index (κ3) is 43.4. The van der Waals surface area contributed by atoms with E-state index < -0.39 is 12.0 Å². The predicted octanol–water partition coefficient (Wildman–Crippen LogP) is 15.1. The van der Waals surface area contributed by atoms with Crippen LogP contribution in [0.1, 0.15) is 251 Å². The predicted molar refractivity (Wildman–Crippen MR) is 257 cm³/mol. The summed E-state index contributed by atoms with van der Waals surface area (Å²) in [4.78, 5) is 36.4. The molecule has 7 heteroatoms. The normalized spacial score (nSPS) is 13.0. The molecule has 2 unspecified atom stereocenters. The fraction of sp³-hybridized carbons (Fsp3) is 0.792. The molecule has 0 aliphatic carbocycles. The summed E-state index contributed by atoms with van der Waals surface area (Å²) in [6, 6.07) is -0.868. The second kappa shape index (κ2) is 47.4. The quantitative estimate of drug-likeness (QED) is 0.0319. The molecule has 0 bridgehead atoms. The molecule has 0 aliphatic heterocycles. The smallest absolute Gasteiger partial charge is 0.326 e. The van der Waals surface area contributed by atoms with Gasteiger partial charge in [-0.05, 0) is 76.8 Å². The van der Waals surface area contributed by atoms with E-state index in [-0.39, 0.29) is 18.0 Å². The third-order valence-corrected chi connectivity index (χ3v) is 11.4.